The number of anilines is 1. The molecule has 0 amide bonds. The van der Waals surface area contributed by atoms with Crippen LogP contribution in [0.15, 0.2) is 23.1 Å². The van der Waals surface area contributed by atoms with Crippen molar-refractivity contribution in [2.75, 3.05) is 49.7 Å². The Kier molecular flexibility index (Phi) is 5.97. The van der Waals surface area contributed by atoms with E-state index in [1.807, 2.05) is 13.8 Å². The first-order valence-corrected chi connectivity index (χ1v) is 13.6. The summed E-state index contributed by atoms with van der Waals surface area (Å²) in [5.41, 5.74) is 2.58. The van der Waals surface area contributed by atoms with E-state index in [-0.39, 0.29) is 41.3 Å². The maximum Gasteiger partial charge on any atom is 0.246 e. The zero-order chi connectivity index (χ0) is 23.3. The molecule has 2 aromatic rings. The van der Waals surface area contributed by atoms with Gasteiger partial charge in [0.1, 0.15) is 16.5 Å². The molecule has 1 aromatic carbocycles. The van der Waals surface area contributed by atoms with Gasteiger partial charge >= 0.3 is 0 Å². The van der Waals surface area contributed by atoms with Gasteiger partial charge in [0.15, 0.2) is 9.84 Å². The lowest BCUT2D eigenvalue weighted by Crippen LogP contribution is -2.49. The molecule has 4 rings (SSSR count). The summed E-state index contributed by atoms with van der Waals surface area (Å²) in [4.78, 5) is 1.89. The van der Waals surface area contributed by atoms with Crippen LogP contribution in [0.25, 0.3) is 0 Å². The third-order valence-electron chi connectivity index (χ3n) is 6.14. The normalized spacial score (nSPS) is 21.8. The predicted octanol–water partition coefficient (Wildman–Crippen LogP) is 1.52. The van der Waals surface area contributed by atoms with Crippen molar-refractivity contribution >= 4 is 25.5 Å². The van der Waals surface area contributed by atoms with Crippen molar-refractivity contribution in [1.29, 1.82) is 0 Å². The van der Waals surface area contributed by atoms with Crippen molar-refractivity contribution in [3.8, 4) is 5.75 Å². The van der Waals surface area contributed by atoms with Gasteiger partial charge in [-0.25, -0.2) is 21.2 Å². The summed E-state index contributed by atoms with van der Waals surface area (Å²) in [6.07, 6.45) is 0.547. The number of piperazine rings is 1. The van der Waals surface area contributed by atoms with E-state index in [1.54, 1.807) is 4.68 Å². The second kappa shape index (κ2) is 8.31. The number of halogens is 1. The molecule has 3 heterocycles. The zero-order valence-electron chi connectivity index (χ0n) is 18.3. The number of hydrogen-bond acceptors (Lipinski definition) is 7. The quantitative estimate of drug-likeness (QED) is 0.631. The maximum absolute atomic E-state index is 13.7. The number of benzene rings is 1. The van der Waals surface area contributed by atoms with E-state index >= 15 is 0 Å². The van der Waals surface area contributed by atoms with Gasteiger partial charge in [-0.15, -0.1) is 0 Å². The second-order valence-corrected chi connectivity index (χ2v) is 12.3. The Morgan fingerprint density at radius 1 is 1.16 bits per heavy atom. The second-order valence-electron chi connectivity index (χ2n) is 8.21. The Balaban J connectivity index is 1.53. The van der Waals surface area contributed by atoms with Crippen LogP contribution in [0.2, 0.25) is 0 Å². The summed E-state index contributed by atoms with van der Waals surface area (Å²) in [7, 11) is -5.60. The summed E-state index contributed by atoms with van der Waals surface area (Å²) >= 11 is 0. The number of aromatic nitrogens is 2. The molecular weight excluding hydrogens is 459 g/mol. The third-order valence-corrected chi connectivity index (χ3v) is 9.81. The van der Waals surface area contributed by atoms with Crippen LogP contribution in [0, 0.1) is 19.7 Å². The lowest BCUT2D eigenvalue weighted by molar-refractivity contribution is 0.373. The Labute approximate surface area is 187 Å². The number of methoxy groups -OCH3 is 1. The van der Waals surface area contributed by atoms with Gasteiger partial charge < -0.3 is 9.64 Å². The van der Waals surface area contributed by atoms with Crippen LogP contribution >= 0.6 is 0 Å². The number of sulfone groups is 1. The SMILES string of the molecule is COc1ccc(F)cc1S(=O)(=O)N1CCN(c2c(C)nn([C@H]3CCS(=O)(=O)C3)c2C)CC1. The molecule has 2 aliphatic heterocycles. The Morgan fingerprint density at radius 2 is 1.84 bits per heavy atom. The number of ether oxygens (including phenoxy) is 1. The molecular formula is C20H27FN4O5S2. The predicted molar refractivity (Wildman–Crippen MR) is 118 cm³/mol. The number of nitrogens with zero attached hydrogens (tertiary/aromatic N) is 4. The Hall–Kier alpha value is -2.18. The Morgan fingerprint density at radius 3 is 2.44 bits per heavy atom. The molecule has 2 fully saturated rings. The lowest BCUT2D eigenvalue weighted by Gasteiger charge is -2.35. The molecule has 0 unspecified atom stereocenters. The summed E-state index contributed by atoms with van der Waals surface area (Å²) in [5, 5.41) is 4.60. The van der Waals surface area contributed by atoms with E-state index < -0.39 is 25.7 Å². The highest BCUT2D eigenvalue weighted by Gasteiger charge is 2.35. The first-order chi connectivity index (χ1) is 15.0. The highest BCUT2D eigenvalue weighted by Crippen LogP contribution is 2.33. The zero-order valence-corrected chi connectivity index (χ0v) is 19.9. The van der Waals surface area contributed by atoms with Crippen LogP contribution in [0.3, 0.4) is 0 Å². The van der Waals surface area contributed by atoms with Gasteiger partial charge in [0.25, 0.3) is 0 Å². The van der Waals surface area contributed by atoms with Crippen LogP contribution in [0.1, 0.15) is 23.9 Å². The van der Waals surface area contributed by atoms with Crippen LogP contribution in [-0.4, -0.2) is 75.7 Å². The van der Waals surface area contributed by atoms with E-state index in [1.165, 1.54) is 17.5 Å². The molecule has 2 saturated heterocycles. The molecule has 0 N–H and O–H groups in total. The molecule has 0 bridgehead atoms. The van der Waals surface area contributed by atoms with Crippen molar-refractivity contribution in [1.82, 2.24) is 14.1 Å². The minimum Gasteiger partial charge on any atom is -0.495 e. The largest absolute Gasteiger partial charge is 0.495 e. The van der Waals surface area contributed by atoms with Gasteiger partial charge in [-0.05, 0) is 38.5 Å². The summed E-state index contributed by atoms with van der Waals surface area (Å²) in [5.74, 6) is -0.273. The summed E-state index contributed by atoms with van der Waals surface area (Å²) < 4.78 is 72.0. The van der Waals surface area contributed by atoms with Crippen molar-refractivity contribution in [2.45, 2.75) is 31.2 Å². The van der Waals surface area contributed by atoms with Crippen molar-refractivity contribution < 1.29 is 26.0 Å². The number of sulfonamides is 1. The van der Waals surface area contributed by atoms with Gasteiger partial charge in [-0.1, -0.05) is 0 Å². The van der Waals surface area contributed by atoms with Crippen LogP contribution < -0.4 is 9.64 Å². The monoisotopic (exact) mass is 486 g/mol. The topological polar surface area (TPSA) is 102 Å². The molecule has 176 valence electrons. The minimum absolute atomic E-state index is 0.0931. The molecule has 0 aliphatic carbocycles. The molecule has 0 spiro atoms. The molecule has 1 atom stereocenters. The van der Waals surface area contributed by atoms with Gasteiger partial charge in [0, 0.05) is 26.2 Å². The van der Waals surface area contributed by atoms with Crippen LogP contribution in [0.4, 0.5) is 10.1 Å². The highest BCUT2D eigenvalue weighted by molar-refractivity contribution is 7.91. The van der Waals surface area contributed by atoms with E-state index in [9.17, 15) is 21.2 Å². The van der Waals surface area contributed by atoms with Crippen LogP contribution in [0.5, 0.6) is 5.75 Å². The third kappa shape index (κ3) is 4.11. The lowest BCUT2D eigenvalue weighted by atomic mass is 10.2. The fraction of sp³-hybridized carbons (Fsp3) is 0.550. The maximum atomic E-state index is 13.7. The highest BCUT2D eigenvalue weighted by atomic mass is 32.2. The Bertz CT molecular complexity index is 1230. The molecule has 2 aliphatic rings. The molecule has 1 aromatic heterocycles. The fourth-order valence-electron chi connectivity index (χ4n) is 4.58. The standard InChI is InChI=1S/C20H27FN4O5S2/c1-14-20(15(2)25(22-14)17-6-11-31(26,27)13-17)23-7-9-24(10-8-23)32(28,29)19-12-16(21)4-5-18(19)30-3/h4-5,12,17H,6-11,13H2,1-3H3/t17-/m0/s1. The van der Waals surface area contributed by atoms with Crippen molar-refractivity contribution in [3.05, 3.63) is 35.4 Å². The van der Waals surface area contributed by atoms with Gasteiger partial charge in [0.05, 0.1) is 41.7 Å². The first kappa shape index (κ1) is 23.0. The molecule has 0 radical (unpaired) electrons. The van der Waals surface area contributed by atoms with E-state index in [0.29, 0.717) is 19.5 Å². The summed E-state index contributed by atoms with van der Waals surface area (Å²) in [6.45, 7) is 5.12. The minimum atomic E-state index is -3.92. The molecule has 12 heteroatoms. The van der Waals surface area contributed by atoms with Crippen LogP contribution in [-0.2, 0) is 19.9 Å². The molecule has 9 nitrogen and oxygen atoms in total. The van der Waals surface area contributed by atoms with Crippen molar-refractivity contribution in [2.24, 2.45) is 0 Å². The number of hydrogen-bond donors (Lipinski definition) is 0. The average molecular weight is 487 g/mol. The number of aryl methyl sites for hydroxylation is 1. The van der Waals surface area contributed by atoms with E-state index in [4.69, 9.17) is 4.74 Å². The van der Waals surface area contributed by atoms with E-state index in [2.05, 4.69) is 10.00 Å². The molecule has 32 heavy (non-hydrogen) atoms. The van der Waals surface area contributed by atoms with E-state index in [0.717, 1.165) is 29.2 Å². The van der Waals surface area contributed by atoms with Gasteiger partial charge in [0.2, 0.25) is 10.0 Å². The summed E-state index contributed by atoms with van der Waals surface area (Å²) in [6, 6.07) is 3.28. The average Bonchev–Trinajstić information content (AvgIpc) is 3.26. The van der Waals surface area contributed by atoms with Gasteiger partial charge in [-0.3, -0.25) is 4.68 Å². The first-order valence-electron chi connectivity index (χ1n) is 10.4. The molecule has 0 saturated carbocycles. The number of rotatable bonds is 5. The van der Waals surface area contributed by atoms with Gasteiger partial charge in [-0.2, -0.15) is 9.40 Å². The fourth-order valence-corrected chi connectivity index (χ4v) is 7.86. The van der Waals surface area contributed by atoms with Crippen molar-refractivity contribution in [3.63, 3.8) is 0 Å². The smallest absolute Gasteiger partial charge is 0.246 e.